The normalized spacial score (nSPS) is 15.1. The molecule has 0 amide bonds. The average molecular weight is 266 g/mol. The third-order valence-corrected chi connectivity index (χ3v) is 4.09. The van der Waals surface area contributed by atoms with Gasteiger partial charge in [-0.3, -0.25) is 4.98 Å². The smallest absolute Gasteiger partial charge is 0.0577 e. The summed E-state index contributed by atoms with van der Waals surface area (Å²) in [5.41, 5.74) is 5.76. The van der Waals surface area contributed by atoms with Crippen molar-refractivity contribution < 1.29 is 0 Å². The maximum atomic E-state index is 4.13. The van der Waals surface area contributed by atoms with E-state index in [9.17, 15) is 0 Å². The molecule has 0 spiro atoms. The maximum absolute atomic E-state index is 4.13. The van der Waals surface area contributed by atoms with Crippen LogP contribution in [-0.4, -0.2) is 11.5 Å². The van der Waals surface area contributed by atoms with Crippen LogP contribution in [0.5, 0.6) is 0 Å². The Kier molecular flexibility index (Phi) is 4.12. The minimum atomic E-state index is 0.281. The van der Waals surface area contributed by atoms with Crippen LogP contribution >= 0.6 is 0 Å². The summed E-state index contributed by atoms with van der Waals surface area (Å²) in [4.78, 5) is 4.13. The highest BCUT2D eigenvalue weighted by atomic mass is 14.9. The van der Waals surface area contributed by atoms with Crippen molar-refractivity contribution in [3.05, 3.63) is 65.0 Å². The zero-order chi connectivity index (χ0) is 13.8. The van der Waals surface area contributed by atoms with Crippen LogP contribution in [-0.2, 0) is 12.8 Å². The lowest BCUT2D eigenvalue weighted by molar-refractivity contribution is 0.597. The standard InChI is InChI=1S/C18H22N2/c1-2-10-20-18(15-8-11-19-12-9-15)17-7-6-14-4-3-5-16(14)13-17/h6-9,11-13,18,20H,2-5,10H2,1H3. The van der Waals surface area contributed by atoms with E-state index in [-0.39, 0.29) is 6.04 Å². The first-order valence-corrected chi connectivity index (χ1v) is 7.63. The van der Waals surface area contributed by atoms with Crippen LogP contribution in [0.2, 0.25) is 0 Å². The topological polar surface area (TPSA) is 24.9 Å². The molecule has 1 heterocycles. The van der Waals surface area contributed by atoms with Crippen molar-refractivity contribution in [3.63, 3.8) is 0 Å². The highest BCUT2D eigenvalue weighted by Crippen LogP contribution is 2.28. The minimum absolute atomic E-state index is 0.281. The van der Waals surface area contributed by atoms with E-state index in [2.05, 4.69) is 47.6 Å². The van der Waals surface area contributed by atoms with E-state index in [0.29, 0.717) is 0 Å². The highest BCUT2D eigenvalue weighted by Gasteiger charge is 2.17. The molecule has 1 aromatic heterocycles. The SMILES string of the molecule is CCCNC(c1ccncc1)c1ccc2c(c1)CCC2. The van der Waals surface area contributed by atoms with Gasteiger partial charge >= 0.3 is 0 Å². The summed E-state index contributed by atoms with van der Waals surface area (Å²) in [5, 5.41) is 3.67. The van der Waals surface area contributed by atoms with Crippen LogP contribution in [0.3, 0.4) is 0 Å². The number of fused-ring (bicyclic) bond motifs is 1. The molecule has 0 saturated carbocycles. The van der Waals surface area contributed by atoms with Gasteiger partial charge in [-0.2, -0.15) is 0 Å². The molecule has 0 saturated heterocycles. The highest BCUT2D eigenvalue weighted by molar-refractivity contribution is 5.39. The van der Waals surface area contributed by atoms with Crippen LogP contribution < -0.4 is 5.32 Å². The van der Waals surface area contributed by atoms with E-state index < -0.39 is 0 Å². The van der Waals surface area contributed by atoms with Gasteiger partial charge in [0.2, 0.25) is 0 Å². The fourth-order valence-electron chi connectivity index (χ4n) is 3.04. The van der Waals surface area contributed by atoms with E-state index >= 15 is 0 Å². The lowest BCUT2D eigenvalue weighted by Gasteiger charge is -2.20. The van der Waals surface area contributed by atoms with Gasteiger partial charge in [-0.25, -0.2) is 0 Å². The third-order valence-electron chi connectivity index (χ3n) is 4.09. The second kappa shape index (κ2) is 6.19. The van der Waals surface area contributed by atoms with Gasteiger partial charge in [-0.1, -0.05) is 25.1 Å². The Morgan fingerprint density at radius 1 is 1.05 bits per heavy atom. The van der Waals surface area contributed by atoms with Crippen molar-refractivity contribution in [2.24, 2.45) is 0 Å². The Morgan fingerprint density at radius 3 is 2.65 bits per heavy atom. The number of hydrogen-bond donors (Lipinski definition) is 1. The number of nitrogens with one attached hydrogen (secondary N) is 1. The molecular weight excluding hydrogens is 244 g/mol. The van der Waals surface area contributed by atoms with Crippen LogP contribution in [0.15, 0.2) is 42.7 Å². The van der Waals surface area contributed by atoms with Crippen molar-refractivity contribution in [3.8, 4) is 0 Å². The molecule has 0 fully saturated rings. The predicted octanol–water partition coefficient (Wildman–Crippen LogP) is 3.66. The molecule has 0 bridgehead atoms. The molecule has 2 nitrogen and oxygen atoms in total. The maximum Gasteiger partial charge on any atom is 0.0577 e. The largest absolute Gasteiger partial charge is 0.306 e. The number of benzene rings is 1. The Balaban J connectivity index is 1.92. The second-order valence-electron chi connectivity index (χ2n) is 5.55. The van der Waals surface area contributed by atoms with Gasteiger partial charge in [0.25, 0.3) is 0 Å². The Morgan fingerprint density at radius 2 is 1.85 bits per heavy atom. The van der Waals surface area contributed by atoms with Crippen molar-refractivity contribution in [2.75, 3.05) is 6.54 Å². The van der Waals surface area contributed by atoms with E-state index in [1.165, 1.54) is 36.0 Å². The van der Waals surface area contributed by atoms with Gasteiger partial charge in [0.1, 0.15) is 0 Å². The predicted molar refractivity (Wildman–Crippen MR) is 82.8 cm³/mol. The molecular formula is C18H22N2. The summed E-state index contributed by atoms with van der Waals surface area (Å²) in [5.74, 6) is 0. The zero-order valence-corrected chi connectivity index (χ0v) is 12.1. The first kappa shape index (κ1) is 13.3. The lowest BCUT2D eigenvalue weighted by Crippen LogP contribution is -2.23. The molecule has 1 aromatic carbocycles. The van der Waals surface area contributed by atoms with E-state index in [1.54, 1.807) is 5.56 Å². The van der Waals surface area contributed by atoms with E-state index in [1.807, 2.05) is 12.4 Å². The van der Waals surface area contributed by atoms with Crippen LogP contribution in [0.4, 0.5) is 0 Å². The molecule has 1 N–H and O–H groups in total. The van der Waals surface area contributed by atoms with Crippen molar-refractivity contribution in [1.29, 1.82) is 0 Å². The summed E-state index contributed by atoms with van der Waals surface area (Å²) in [6, 6.07) is 11.5. The summed E-state index contributed by atoms with van der Waals surface area (Å²) in [7, 11) is 0. The Labute approximate surface area is 121 Å². The molecule has 2 aromatic rings. The fourth-order valence-corrected chi connectivity index (χ4v) is 3.04. The van der Waals surface area contributed by atoms with Gasteiger partial charge < -0.3 is 5.32 Å². The minimum Gasteiger partial charge on any atom is -0.306 e. The number of pyridine rings is 1. The van der Waals surface area contributed by atoms with Crippen molar-refractivity contribution in [1.82, 2.24) is 10.3 Å². The van der Waals surface area contributed by atoms with Crippen LogP contribution in [0, 0.1) is 0 Å². The first-order chi connectivity index (χ1) is 9.88. The molecule has 1 atom stereocenters. The molecule has 1 unspecified atom stereocenters. The van der Waals surface area contributed by atoms with Gasteiger partial charge in [0, 0.05) is 12.4 Å². The number of nitrogens with zero attached hydrogens (tertiary/aromatic N) is 1. The molecule has 1 aliphatic carbocycles. The van der Waals surface area contributed by atoms with Gasteiger partial charge in [-0.05, 0) is 66.6 Å². The van der Waals surface area contributed by atoms with Crippen molar-refractivity contribution in [2.45, 2.75) is 38.6 Å². The molecule has 3 rings (SSSR count). The number of hydrogen-bond acceptors (Lipinski definition) is 2. The zero-order valence-electron chi connectivity index (χ0n) is 12.1. The second-order valence-corrected chi connectivity index (χ2v) is 5.55. The van der Waals surface area contributed by atoms with Gasteiger partial charge in [-0.15, -0.1) is 0 Å². The number of aryl methyl sites for hydroxylation is 2. The Hall–Kier alpha value is -1.67. The van der Waals surface area contributed by atoms with E-state index in [0.717, 1.165) is 13.0 Å². The monoisotopic (exact) mass is 266 g/mol. The molecule has 1 aliphatic rings. The number of rotatable bonds is 5. The number of aromatic nitrogens is 1. The summed E-state index contributed by atoms with van der Waals surface area (Å²) in [6.07, 6.45) is 8.69. The lowest BCUT2D eigenvalue weighted by atomic mass is 9.96. The molecule has 2 heteroatoms. The van der Waals surface area contributed by atoms with Crippen molar-refractivity contribution >= 4 is 0 Å². The third kappa shape index (κ3) is 2.75. The van der Waals surface area contributed by atoms with E-state index in [4.69, 9.17) is 0 Å². The molecule has 0 aliphatic heterocycles. The van der Waals surface area contributed by atoms with Gasteiger partial charge in [0.05, 0.1) is 6.04 Å². The summed E-state index contributed by atoms with van der Waals surface area (Å²) < 4.78 is 0. The molecule has 20 heavy (non-hydrogen) atoms. The van der Waals surface area contributed by atoms with Crippen LogP contribution in [0.25, 0.3) is 0 Å². The summed E-state index contributed by atoms with van der Waals surface area (Å²) >= 11 is 0. The molecule has 0 radical (unpaired) electrons. The first-order valence-electron chi connectivity index (χ1n) is 7.63. The van der Waals surface area contributed by atoms with Gasteiger partial charge in [0.15, 0.2) is 0 Å². The Bertz CT molecular complexity index is 563. The molecule has 104 valence electrons. The summed E-state index contributed by atoms with van der Waals surface area (Å²) in [6.45, 7) is 3.24. The average Bonchev–Trinajstić information content (AvgIpc) is 2.96. The van der Waals surface area contributed by atoms with Crippen LogP contribution in [0.1, 0.15) is 48.1 Å². The fraction of sp³-hybridized carbons (Fsp3) is 0.389. The quantitative estimate of drug-likeness (QED) is 0.893.